The van der Waals surface area contributed by atoms with Gasteiger partial charge in [0.1, 0.15) is 0 Å². The molecule has 0 fully saturated rings. The summed E-state index contributed by atoms with van der Waals surface area (Å²) in [7, 11) is 1.62. The first-order valence-electron chi connectivity index (χ1n) is 9.00. The Bertz CT molecular complexity index is 904. The first-order valence-corrected chi connectivity index (χ1v) is 9.00. The van der Waals surface area contributed by atoms with Gasteiger partial charge in [-0.25, -0.2) is 4.90 Å². The minimum absolute atomic E-state index is 0.0670. The van der Waals surface area contributed by atoms with E-state index in [2.05, 4.69) is 4.99 Å². The number of anilines is 1. The van der Waals surface area contributed by atoms with Crippen LogP contribution in [-0.2, 0) is 9.53 Å². The molecular weight excluding hydrogens is 340 g/mol. The highest BCUT2D eigenvalue weighted by Gasteiger charge is 2.38. The monoisotopic (exact) mass is 364 g/mol. The normalized spacial score (nSPS) is 18.1. The van der Waals surface area contributed by atoms with Gasteiger partial charge in [0.05, 0.1) is 24.3 Å². The molecular formula is C22H24N2O3. The minimum Gasteiger partial charge on any atom is -0.382 e. The molecule has 0 saturated carbocycles. The Hall–Kier alpha value is -2.79. The lowest BCUT2D eigenvalue weighted by atomic mass is 9.88. The van der Waals surface area contributed by atoms with Crippen molar-refractivity contribution in [1.82, 2.24) is 0 Å². The molecule has 0 saturated heterocycles. The zero-order valence-corrected chi connectivity index (χ0v) is 16.1. The van der Waals surface area contributed by atoms with Crippen LogP contribution in [0.25, 0.3) is 0 Å². The maximum absolute atomic E-state index is 13.2. The number of benzene rings is 2. The van der Waals surface area contributed by atoms with Crippen LogP contribution >= 0.6 is 0 Å². The molecule has 1 heterocycles. The molecule has 5 heteroatoms. The summed E-state index contributed by atoms with van der Waals surface area (Å²) >= 11 is 0. The molecule has 0 radical (unpaired) electrons. The number of fused-ring (bicyclic) bond motifs is 1. The zero-order chi connectivity index (χ0) is 19.6. The second kappa shape index (κ2) is 7.84. The van der Waals surface area contributed by atoms with Gasteiger partial charge in [-0.1, -0.05) is 24.3 Å². The number of ether oxygens (including phenoxy) is 1. The van der Waals surface area contributed by atoms with Gasteiger partial charge in [0.2, 0.25) is 5.91 Å². The molecule has 5 nitrogen and oxygen atoms in total. The van der Waals surface area contributed by atoms with Gasteiger partial charge in [0.15, 0.2) is 0 Å². The number of nitrogens with zero attached hydrogens (tertiary/aromatic N) is 2. The summed E-state index contributed by atoms with van der Waals surface area (Å²) in [6.07, 6.45) is 1.64. The van der Waals surface area contributed by atoms with E-state index in [-0.39, 0.29) is 17.9 Å². The number of methoxy groups -OCH3 is 1. The van der Waals surface area contributed by atoms with Crippen LogP contribution in [0.5, 0.6) is 0 Å². The Labute approximate surface area is 159 Å². The predicted molar refractivity (Wildman–Crippen MR) is 107 cm³/mol. The second-order valence-corrected chi connectivity index (χ2v) is 6.91. The van der Waals surface area contributed by atoms with Crippen LogP contribution in [0.1, 0.15) is 39.9 Å². The third-order valence-corrected chi connectivity index (χ3v) is 4.86. The third-order valence-electron chi connectivity index (χ3n) is 4.86. The Morgan fingerprint density at radius 3 is 2.59 bits per heavy atom. The predicted octanol–water partition coefficient (Wildman–Crippen LogP) is 3.68. The van der Waals surface area contributed by atoms with Gasteiger partial charge in [-0.15, -0.1) is 0 Å². The average Bonchev–Trinajstić information content (AvgIpc) is 2.65. The minimum atomic E-state index is -0.597. The molecule has 0 aliphatic carbocycles. The van der Waals surface area contributed by atoms with E-state index >= 15 is 0 Å². The lowest BCUT2D eigenvalue weighted by Gasteiger charge is -2.31. The van der Waals surface area contributed by atoms with Gasteiger partial charge in [-0.2, -0.15) is 0 Å². The van der Waals surface area contributed by atoms with Crippen LogP contribution in [0.2, 0.25) is 0 Å². The van der Waals surface area contributed by atoms with Crippen molar-refractivity contribution in [3.05, 3.63) is 64.7 Å². The quantitative estimate of drug-likeness (QED) is 0.601. The summed E-state index contributed by atoms with van der Waals surface area (Å²) in [6.45, 7) is 6.36. The maximum atomic E-state index is 13.2. The molecule has 140 valence electrons. The topological polar surface area (TPSA) is 59.0 Å². The summed E-state index contributed by atoms with van der Waals surface area (Å²) < 4.78 is 5.11. The smallest absolute Gasteiger partial charge is 0.265 e. The Morgan fingerprint density at radius 1 is 1.15 bits per heavy atom. The third kappa shape index (κ3) is 3.69. The highest BCUT2D eigenvalue weighted by Crippen LogP contribution is 2.32. The first kappa shape index (κ1) is 19.0. The molecule has 2 aromatic rings. The van der Waals surface area contributed by atoms with Crippen LogP contribution in [0.15, 0.2) is 47.5 Å². The Kier molecular flexibility index (Phi) is 5.51. The molecule has 1 aliphatic rings. The molecule has 0 bridgehead atoms. The highest BCUT2D eigenvalue weighted by molar-refractivity contribution is 6.29. The van der Waals surface area contributed by atoms with Crippen molar-refractivity contribution in [1.29, 1.82) is 0 Å². The van der Waals surface area contributed by atoms with Gasteiger partial charge in [-0.05, 0) is 55.7 Å². The van der Waals surface area contributed by atoms with E-state index < -0.39 is 5.92 Å². The SMILES string of the molecule is COC[C@@H](C)N=C[C@@H]1C(=O)N(c2ccc(C)c(C)c2)C(=O)c2ccccc21. The van der Waals surface area contributed by atoms with Crippen LogP contribution in [0.3, 0.4) is 0 Å². The molecule has 3 rings (SSSR count). The van der Waals surface area contributed by atoms with Crippen molar-refractivity contribution in [2.75, 3.05) is 18.6 Å². The van der Waals surface area contributed by atoms with Gasteiger partial charge in [0, 0.05) is 18.9 Å². The summed E-state index contributed by atoms with van der Waals surface area (Å²) in [4.78, 5) is 32.0. The zero-order valence-electron chi connectivity index (χ0n) is 16.1. The van der Waals surface area contributed by atoms with Crippen molar-refractivity contribution in [3.8, 4) is 0 Å². The van der Waals surface area contributed by atoms with E-state index in [4.69, 9.17) is 4.74 Å². The van der Waals surface area contributed by atoms with Crippen molar-refractivity contribution >= 4 is 23.7 Å². The summed E-state index contributed by atoms with van der Waals surface area (Å²) in [5.74, 6) is -1.18. The van der Waals surface area contributed by atoms with Crippen LogP contribution in [0, 0.1) is 13.8 Å². The number of aryl methyl sites for hydroxylation is 2. The van der Waals surface area contributed by atoms with Gasteiger partial charge in [0.25, 0.3) is 5.91 Å². The van der Waals surface area contributed by atoms with Gasteiger partial charge >= 0.3 is 0 Å². The fraction of sp³-hybridized carbons (Fsp3) is 0.318. The lowest BCUT2D eigenvalue weighted by Crippen LogP contribution is -2.45. The lowest BCUT2D eigenvalue weighted by molar-refractivity contribution is -0.118. The van der Waals surface area contributed by atoms with Crippen molar-refractivity contribution < 1.29 is 14.3 Å². The van der Waals surface area contributed by atoms with Crippen LogP contribution < -0.4 is 4.90 Å². The van der Waals surface area contributed by atoms with E-state index in [9.17, 15) is 9.59 Å². The molecule has 0 unspecified atom stereocenters. The largest absolute Gasteiger partial charge is 0.382 e. The number of aliphatic imine (C=N–C) groups is 1. The fourth-order valence-electron chi connectivity index (χ4n) is 3.23. The number of imide groups is 1. The number of amides is 2. The van der Waals surface area contributed by atoms with Gasteiger partial charge < -0.3 is 4.74 Å². The number of carbonyl (C=O) groups is 2. The molecule has 2 atom stereocenters. The molecule has 27 heavy (non-hydrogen) atoms. The highest BCUT2D eigenvalue weighted by atomic mass is 16.5. The molecule has 0 spiro atoms. The standard InChI is InChI=1S/C22H24N2O3/c1-14-9-10-17(11-15(14)2)24-21(25)19-8-6-5-7-18(19)20(22(24)26)12-23-16(3)13-27-4/h5-12,16,20H,13H2,1-4H3/t16-,20+/m1/s1. The molecule has 0 N–H and O–H groups in total. The Morgan fingerprint density at radius 2 is 1.89 bits per heavy atom. The summed E-state index contributed by atoms with van der Waals surface area (Å²) in [5.41, 5.74) is 3.96. The molecule has 2 aromatic carbocycles. The van der Waals surface area contributed by atoms with Crippen molar-refractivity contribution in [3.63, 3.8) is 0 Å². The number of hydrogen-bond donors (Lipinski definition) is 0. The number of hydrogen-bond acceptors (Lipinski definition) is 4. The van der Waals surface area contributed by atoms with Crippen LogP contribution in [-0.4, -0.2) is 37.8 Å². The van der Waals surface area contributed by atoms with E-state index in [1.54, 1.807) is 19.4 Å². The number of carbonyl (C=O) groups excluding carboxylic acids is 2. The van der Waals surface area contributed by atoms with Crippen molar-refractivity contribution in [2.24, 2.45) is 4.99 Å². The van der Waals surface area contributed by atoms with E-state index in [1.165, 1.54) is 4.90 Å². The van der Waals surface area contributed by atoms with Crippen LogP contribution in [0.4, 0.5) is 5.69 Å². The molecule has 1 aliphatic heterocycles. The second-order valence-electron chi connectivity index (χ2n) is 6.91. The van der Waals surface area contributed by atoms with E-state index in [0.717, 1.165) is 11.1 Å². The summed E-state index contributed by atoms with van der Waals surface area (Å²) in [6, 6.07) is 12.8. The molecule has 2 amide bonds. The summed E-state index contributed by atoms with van der Waals surface area (Å²) in [5, 5.41) is 0. The first-order chi connectivity index (χ1) is 12.9. The molecule has 0 aromatic heterocycles. The van der Waals surface area contributed by atoms with E-state index in [1.807, 2.05) is 57.2 Å². The van der Waals surface area contributed by atoms with E-state index in [0.29, 0.717) is 23.4 Å². The number of rotatable bonds is 5. The fourth-order valence-corrected chi connectivity index (χ4v) is 3.23. The maximum Gasteiger partial charge on any atom is 0.265 e. The average molecular weight is 364 g/mol. The Balaban J connectivity index is 2.06. The van der Waals surface area contributed by atoms with Gasteiger partial charge in [-0.3, -0.25) is 14.6 Å². The van der Waals surface area contributed by atoms with Crippen molar-refractivity contribution in [2.45, 2.75) is 32.7 Å².